The van der Waals surface area contributed by atoms with Crippen molar-refractivity contribution < 1.29 is 14.0 Å². The molecule has 6 nitrogen and oxygen atoms in total. The molecule has 2 heterocycles. The van der Waals surface area contributed by atoms with Crippen LogP contribution in [-0.4, -0.2) is 34.8 Å². The normalized spacial score (nSPS) is 17.3. The topological polar surface area (TPSA) is 75.4 Å². The van der Waals surface area contributed by atoms with E-state index in [1.807, 2.05) is 24.3 Å². The summed E-state index contributed by atoms with van der Waals surface area (Å²) in [5.41, 5.74) is 1.48. The zero-order chi connectivity index (χ0) is 16.9. The second-order valence-corrected chi connectivity index (χ2v) is 5.73. The molecule has 0 saturated carbocycles. The van der Waals surface area contributed by atoms with Crippen LogP contribution in [0.4, 0.5) is 5.69 Å². The molecule has 1 atom stereocenters. The van der Waals surface area contributed by atoms with E-state index in [1.165, 1.54) is 12.3 Å². The van der Waals surface area contributed by atoms with Crippen LogP contribution in [0.25, 0.3) is 11.5 Å². The van der Waals surface area contributed by atoms with Gasteiger partial charge in [0.25, 0.3) is 0 Å². The maximum Gasteiger partial charge on any atom is 0.245 e. The van der Waals surface area contributed by atoms with Crippen LogP contribution >= 0.6 is 0 Å². The van der Waals surface area contributed by atoms with Crippen LogP contribution in [0, 0.1) is 5.92 Å². The number of likely N-dealkylation sites (tertiary alicyclic amines) is 1. The zero-order valence-electron chi connectivity index (χ0n) is 13.3. The third-order valence-corrected chi connectivity index (χ3v) is 4.09. The van der Waals surface area contributed by atoms with Gasteiger partial charge in [0.05, 0.1) is 12.1 Å². The van der Waals surface area contributed by atoms with E-state index < -0.39 is 0 Å². The van der Waals surface area contributed by atoms with Crippen LogP contribution < -0.4 is 5.32 Å². The lowest BCUT2D eigenvalue weighted by Crippen LogP contribution is -2.43. The number of piperidine rings is 1. The molecule has 0 aliphatic carbocycles. The lowest BCUT2D eigenvalue weighted by molar-refractivity contribution is -0.130. The Hall–Kier alpha value is -2.89. The molecule has 1 aromatic carbocycles. The molecule has 1 saturated heterocycles. The molecule has 1 aliphatic rings. The lowest BCUT2D eigenvalue weighted by Gasteiger charge is -2.31. The van der Waals surface area contributed by atoms with E-state index in [-0.39, 0.29) is 17.7 Å². The fourth-order valence-electron chi connectivity index (χ4n) is 2.86. The van der Waals surface area contributed by atoms with Gasteiger partial charge in [-0.05, 0) is 37.1 Å². The number of aromatic nitrogens is 1. The smallest absolute Gasteiger partial charge is 0.245 e. The van der Waals surface area contributed by atoms with Crippen LogP contribution in [0.3, 0.4) is 0 Å². The zero-order valence-corrected chi connectivity index (χ0v) is 13.3. The number of nitrogens with zero attached hydrogens (tertiary/aromatic N) is 2. The summed E-state index contributed by atoms with van der Waals surface area (Å²) in [4.78, 5) is 30.0. The first-order chi connectivity index (χ1) is 11.7. The number of rotatable bonds is 4. The van der Waals surface area contributed by atoms with Gasteiger partial charge < -0.3 is 14.6 Å². The molecule has 1 N–H and O–H groups in total. The molecule has 0 radical (unpaired) electrons. The van der Waals surface area contributed by atoms with Crippen molar-refractivity contribution in [1.82, 2.24) is 9.88 Å². The van der Waals surface area contributed by atoms with Crippen LogP contribution in [-0.2, 0) is 9.59 Å². The number of benzene rings is 1. The Morgan fingerprint density at radius 3 is 3.04 bits per heavy atom. The number of hydrogen-bond donors (Lipinski definition) is 1. The Morgan fingerprint density at radius 1 is 1.42 bits per heavy atom. The molecule has 2 aromatic rings. The van der Waals surface area contributed by atoms with Crippen LogP contribution in [0.5, 0.6) is 0 Å². The molecule has 1 aromatic heterocycles. The number of oxazole rings is 1. The number of carbonyl (C=O) groups is 2. The molecule has 3 rings (SSSR count). The quantitative estimate of drug-likeness (QED) is 0.877. The number of amides is 2. The maximum absolute atomic E-state index is 12.5. The van der Waals surface area contributed by atoms with Gasteiger partial charge in [-0.2, -0.15) is 0 Å². The Balaban J connectivity index is 1.67. The van der Waals surface area contributed by atoms with Crippen LogP contribution in [0.1, 0.15) is 12.8 Å². The number of carbonyl (C=O) groups excluding carboxylic acids is 2. The number of hydrogen-bond acceptors (Lipinski definition) is 4. The van der Waals surface area contributed by atoms with Crippen molar-refractivity contribution in [2.24, 2.45) is 5.92 Å². The van der Waals surface area contributed by atoms with Gasteiger partial charge in [0.15, 0.2) is 0 Å². The molecular formula is C18H19N3O3. The summed E-state index contributed by atoms with van der Waals surface area (Å²) in [5, 5.41) is 2.92. The van der Waals surface area contributed by atoms with E-state index in [0.717, 1.165) is 18.4 Å². The van der Waals surface area contributed by atoms with Crippen molar-refractivity contribution in [2.45, 2.75) is 12.8 Å². The van der Waals surface area contributed by atoms with Crippen LogP contribution in [0.15, 0.2) is 53.8 Å². The average molecular weight is 325 g/mol. The van der Waals surface area contributed by atoms with E-state index in [0.29, 0.717) is 24.7 Å². The first kappa shape index (κ1) is 16.0. The Labute approximate surface area is 140 Å². The molecule has 1 aliphatic heterocycles. The molecule has 0 bridgehead atoms. The van der Waals surface area contributed by atoms with Gasteiger partial charge >= 0.3 is 0 Å². The average Bonchev–Trinajstić information content (AvgIpc) is 3.16. The van der Waals surface area contributed by atoms with Gasteiger partial charge in [0, 0.05) is 24.3 Å². The summed E-state index contributed by atoms with van der Waals surface area (Å²) in [7, 11) is 0. The van der Waals surface area contributed by atoms with Crippen molar-refractivity contribution in [3.8, 4) is 11.5 Å². The van der Waals surface area contributed by atoms with Crippen LogP contribution in [0.2, 0.25) is 0 Å². The first-order valence-electron chi connectivity index (χ1n) is 7.89. The molecule has 124 valence electrons. The van der Waals surface area contributed by atoms with Crippen molar-refractivity contribution in [2.75, 3.05) is 18.4 Å². The van der Waals surface area contributed by atoms with E-state index in [9.17, 15) is 9.59 Å². The highest BCUT2D eigenvalue weighted by molar-refractivity contribution is 5.94. The second-order valence-electron chi connectivity index (χ2n) is 5.73. The molecule has 0 unspecified atom stereocenters. The minimum Gasteiger partial charge on any atom is -0.445 e. The molecule has 6 heteroatoms. The van der Waals surface area contributed by atoms with Gasteiger partial charge in [-0.25, -0.2) is 4.98 Å². The van der Waals surface area contributed by atoms with Gasteiger partial charge in [-0.1, -0.05) is 12.6 Å². The van der Waals surface area contributed by atoms with Crippen molar-refractivity contribution in [1.29, 1.82) is 0 Å². The van der Waals surface area contributed by atoms with Crippen molar-refractivity contribution in [3.63, 3.8) is 0 Å². The van der Waals surface area contributed by atoms with Gasteiger partial charge in [0.1, 0.15) is 6.26 Å². The largest absolute Gasteiger partial charge is 0.445 e. The summed E-state index contributed by atoms with van der Waals surface area (Å²) < 4.78 is 5.27. The summed E-state index contributed by atoms with van der Waals surface area (Å²) in [6.45, 7) is 4.60. The summed E-state index contributed by atoms with van der Waals surface area (Å²) in [6.07, 6.45) is 5.96. The van der Waals surface area contributed by atoms with Crippen molar-refractivity contribution in [3.05, 3.63) is 49.4 Å². The van der Waals surface area contributed by atoms with E-state index in [4.69, 9.17) is 4.42 Å². The van der Waals surface area contributed by atoms with E-state index in [2.05, 4.69) is 16.9 Å². The maximum atomic E-state index is 12.5. The Bertz CT molecular complexity index is 740. The fraction of sp³-hybridized carbons (Fsp3) is 0.278. The Kier molecular flexibility index (Phi) is 4.74. The predicted octanol–water partition coefficient (Wildman–Crippen LogP) is 2.70. The highest BCUT2D eigenvalue weighted by atomic mass is 16.3. The van der Waals surface area contributed by atoms with Gasteiger partial charge in [-0.15, -0.1) is 0 Å². The second kappa shape index (κ2) is 7.12. The van der Waals surface area contributed by atoms with Crippen molar-refractivity contribution >= 4 is 17.5 Å². The SMILES string of the molecule is C=CC(=O)N1CCC[C@@H](C(=O)Nc2cccc(-c3ncco3)c2)C1. The van der Waals surface area contributed by atoms with Gasteiger partial charge in [0.2, 0.25) is 17.7 Å². The lowest BCUT2D eigenvalue weighted by atomic mass is 9.97. The highest BCUT2D eigenvalue weighted by Gasteiger charge is 2.27. The Morgan fingerprint density at radius 2 is 2.29 bits per heavy atom. The molecule has 1 fully saturated rings. The third kappa shape index (κ3) is 3.53. The monoisotopic (exact) mass is 325 g/mol. The fourth-order valence-corrected chi connectivity index (χ4v) is 2.86. The molecule has 0 spiro atoms. The molecule has 24 heavy (non-hydrogen) atoms. The van der Waals surface area contributed by atoms with Gasteiger partial charge in [-0.3, -0.25) is 9.59 Å². The van der Waals surface area contributed by atoms with E-state index in [1.54, 1.807) is 11.1 Å². The summed E-state index contributed by atoms with van der Waals surface area (Å²) in [5.74, 6) is 0.0825. The summed E-state index contributed by atoms with van der Waals surface area (Å²) >= 11 is 0. The van der Waals surface area contributed by atoms with E-state index >= 15 is 0 Å². The third-order valence-electron chi connectivity index (χ3n) is 4.09. The first-order valence-corrected chi connectivity index (χ1v) is 7.89. The summed E-state index contributed by atoms with van der Waals surface area (Å²) in [6, 6.07) is 7.34. The number of anilines is 1. The minimum absolute atomic E-state index is 0.0823. The molecule has 2 amide bonds. The standard InChI is InChI=1S/C18H19N3O3/c1-2-16(22)21-9-4-6-14(12-21)17(23)20-15-7-3-5-13(11-15)18-19-8-10-24-18/h2-3,5,7-8,10-11,14H,1,4,6,9,12H2,(H,20,23)/t14-/m1/s1. The predicted molar refractivity (Wildman–Crippen MR) is 90.1 cm³/mol. The molecular weight excluding hydrogens is 306 g/mol. The number of nitrogens with one attached hydrogen (secondary N) is 1. The highest BCUT2D eigenvalue weighted by Crippen LogP contribution is 2.23. The minimum atomic E-state index is -0.215.